The van der Waals surface area contributed by atoms with E-state index < -0.39 is 36.1 Å². The molecule has 0 bridgehead atoms. The molecule has 0 saturated carbocycles. The SMILES string of the molecule is C=CC(=O)OCCCCCC(OC(=O)C=C)C(CCCOC(=O)C(=C)C)OC(=O)C(=C)C. The lowest BCUT2D eigenvalue weighted by Gasteiger charge is -2.27. The highest BCUT2D eigenvalue weighted by atomic mass is 16.6. The van der Waals surface area contributed by atoms with Crippen molar-refractivity contribution in [3.63, 3.8) is 0 Å². The Morgan fingerprint density at radius 3 is 1.78 bits per heavy atom. The zero-order chi connectivity index (χ0) is 24.5. The fourth-order valence-electron chi connectivity index (χ4n) is 2.51. The number of hydrogen-bond acceptors (Lipinski definition) is 8. The molecule has 0 aromatic carbocycles. The van der Waals surface area contributed by atoms with Crippen molar-refractivity contribution in [1.82, 2.24) is 0 Å². The molecule has 0 rings (SSSR count). The van der Waals surface area contributed by atoms with Crippen LogP contribution in [0.5, 0.6) is 0 Å². The highest BCUT2D eigenvalue weighted by molar-refractivity contribution is 5.87. The third kappa shape index (κ3) is 13.2. The Labute approximate surface area is 189 Å². The van der Waals surface area contributed by atoms with Crippen LogP contribution >= 0.6 is 0 Å². The van der Waals surface area contributed by atoms with Crippen molar-refractivity contribution >= 4 is 23.9 Å². The van der Waals surface area contributed by atoms with Crippen LogP contribution in [0, 0.1) is 0 Å². The standard InChI is InChI=1S/C24H34O8/c1-7-21(25)29-15-11-9-10-13-19(31-22(26)8-2)20(32-24(28)18(5)6)14-12-16-30-23(27)17(3)4/h7-8,19-20H,1-3,5,9-16H2,4,6H3. The number of esters is 4. The summed E-state index contributed by atoms with van der Waals surface area (Å²) in [7, 11) is 0. The maximum atomic E-state index is 12.1. The molecule has 0 aromatic heterocycles. The first-order valence-electron chi connectivity index (χ1n) is 10.4. The molecule has 32 heavy (non-hydrogen) atoms. The maximum Gasteiger partial charge on any atom is 0.333 e. The molecule has 2 atom stereocenters. The van der Waals surface area contributed by atoms with Crippen LogP contribution in [-0.4, -0.2) is 49.3 Å². The number of carbonyl (C=O) groups is 4. The predicted molar refractivity (Wildman–Crippen MR) is 119 cm³/mol. The fourth-order valence-corrected chi connectivity index (χ4v) is 2.51. The van der Waals surface area contributed by atoms with Gasteiger partial charge in [-0.05, 0) is 52.4 Å². The van der Waals surface area contributed by atoms with Crippen LogP contribution in [0.15, 0.2) is 49.6 Å². The highest BCUT2D eigenvalue weighted by Gasteiger charge is 2.28. The van der Waals surface area contributed by atoms with Gasteiger partial charge in [0.15, 0.2) is 0 Å². The van der Waals surface area contributed by atoms with Gasteiger partial charge in [-0.1, -0.05) is 26.3 Å². The molecule has 8 nitrogen and oxygen atoms in total. The summed E-state index contributed by atoms with van der Waals surface area (Å²) >= 11 is 0. The van der Waals surface area contributed by atoms with Crippen LogP contribution in [0.4, 0.5) is 0 Å². The summed E-state index contributed by atoms with van der Waals surface area (Å²) in [6, 6.07) is 0. The summed E-state index contributed by atoms with van der Waals surface area (Å²) in [6.45, 7) is 17.2. The van der Waals surface area contributed by atoms with Crippen molar-refractivity contribution in [3.05, 3.63) is 49.6 Å². The maximum absolute atomic E-state index is 12.1. The molecule has 0 aromatic rings. The van der Waals surface area contributed by atoms with E-state index in [0.717, 1.165) is 12.2 Å². The molecule has 0 spiro atoms. The Hall–Kier alpha value is -3.16. The van der Waals surface area contributed by atoms with Gasteiger partial charge in [0.05, 0.1) is 13.2 Å². The average Bonchev–Trinajstić information content (AvgIpc) is 2.76. The number of carbonyl (C=O) groups excluding carboxylic acids is 4. The largest absolute Gasteiger partial charge is 0.463 e. The van der Waals surface area contributed by atoms with E-state index in [4.69, 9.17) is 18.9 Å². The van der Waals surface area contributed by atoms with E-state index in [1.807, 2.05) is 0 Å². The van der Waals surface area contributed by atoms with Crippen LogP contribution < -0.4 is 0 Å². The van der Waals surface area contributed by atoms with E-state index in [2.05, 4.69) is 26.3 Å². The minimum atomic E-state index is -0.759. The monoisotopic (exact) mass is 450 g/mol. The lowest BCUT2D eigenvalue weighted by Crippen LogP contribution is -2.35. The van der Waals surface area contributed by atoms with Gasteiger partial charge in [-0.3, -0.25) is 0 Å². The van der Waals surface area contributed by atoms with E-state index in [0.29, 0.717) is 38.5 Å². The number of unbranched alkanes of at least 4 members (excludes halogenated alkanes) is 2. The first-order valence-corrected chi connectivity index (χ1v) is 10.4. The van der Waals surface area contributed by atoms with Gasteiger partial charge in [0.25, 0.3) is 0 Å². The van der Waals surface area contributed by atoms with Crippen LogP contribution in [0.1, 0.15) is 52.4 Å². The van der Waals surface area contributed by atoms with Crippen LogP contribution in [0.25, 0.3) is 0 Å². The molecular formula is C24H34O8. The molecule has 0 radical (unpaired) electrons. The van der Waals surface area contributed by atoms with Crippen molar-refractivity contribution in [2.75, 3.05) is 13.2 Å². The molecule has 8 heteroatoms. The molecule has 0 aliphatic rings. The van der Waals surface area contributed by atoms with Crippen LogP contribution in [0.3, 0.4) is 0 Å². The molecule has 0 amide bonds. The third-order valence-electron chi connectivity index (χ3n) is 4.21. The van der Waals surface area contributed by atoms with E-state index >= 15 is 0 Å². The zero-order valence-electron chi connectivity index (χ0n) is 19.1. The number of ether oxygens (including phenoxy) is 4. The van der Waals surface area contributed by atoms with Crippen LogP contribution in [0.2, 0.25) is 0 Å². The summed E-state index contributed by atoms with van der Waals surface area (Å²) in [5.41, 5.74) is 0.494. The molecule has 2 unspecified atom stereocenters. The van der Waals surface area contributed by atoms with Crippen molar-refractivity contribution in [2.45, 2.75) is 64.6 Å². The van der Waals surface area contributed by atoms with E-state index in [1.54, 1.807) is 6.92 Å². The second-order valence-electron chi connectivity index (χ2n) is 7.18. The van der Waals surface area contributed by atoms with Crippen LogP contribution in [-0.2, 0) is 38.1 Å². The van der Waals surface area contributed by atoms with Gasteiger partial charge in [-0.2, -0.15) is 0 Å². The summed E-state index contributed by atoms with van der Waals surface area (Å²) in [4.78, 5) is 46.5. The number of hydrogen-bond donors (Lipinski definition) is 0. The lowest BCUT2D eigenvalue weighted by atomic mass is 10.0. The molecule has 0 saturated heterocycles. The molecule has 0 aliphatic carbocycles. The predicted octanol–water partition coefficient (Wildman–Crippen LogP) is 3.76. The first kappa shape index (κ1) is 28.8. The van der Waals surface area contributed by atoms with Gasteiger partial charge < -0.3 is 18.9 Å². The van der Waals surface area contributed by atoms with Crippen molar-refractivity contribution in [2.24, 2.45) is 0 Å². The third-order valence-corrected chi connectivity index (χ3v) is 4.21. The summed E-state index contributed by atoms with van der Waals surface area (Å²) in [5.74, 6) is -2.24. The van der Waals surface area contributed by atoms with Gasteiger partial charge in [0.2, 0.25) is 0 Å². The number of rotatable bonds is 17. The van der Waals surface area contributed by atoms with Gasteiger partial charge >= 0.3 is 23.9 Å². The lowest BCUT2D eigenvalue weighted by molar-refractivity contribution is -0.164. The summed E-state index contributed by atoms with van der Waals surface area (Å²) < 4.78 is 20.9. The second-order valence-corrected chi connectivity index (χ2v) is 7.18. The normalized spacial score (nSPS) is 11.9. The minimum Gasteiger partial charge on any atom is -0.463 e. The quantitative estimate of drug-likeness (QED) is 0.143. The van der Waals surface area contributed by atoms with E-state index in [-0.39, 0.29) is 24.4 Å². The Morgan fingerprint density at radius 1 is 0.688 bits per heavy atom. The Balaban J connectivity index is 5.01. The van der Waals surface area contributed by atoms with Gasteiger partial charge in [0.1, 0.15) is 12.2 Å². The molecule has 0 N–H and O–H groups in total. The molecule has 0 heterocycles. The fraction of sp³-hybridized carbons (Fsp3) is 0.500. The Bertz CT molecular complexity index is 707. The highest BCUT2D eigenvalue weighted by Crippen LogP contribution is 2.19. The molecule has 0 aliphatic heterocycles. The van der Waals surface area contributed by atoms with Crippen molar-refractivity contribution < 1.29 is 38.1 Å². The van der Waals surface area contributed by atoms with Crippen molar-refractivity contribution in [1.29, 1.82) is 0 Å². The topological polar surface area (TPSA) is 105 Å². The Kier molecular flexibility index (Phi) is 14.9. The second kappa shape index (κ2) is 16.5. The molecular weight excluding hydrogens is 416 g/mol. The van der Waals surface area contributed by atoms with Gasteiger partial charge in [-0.15, -0.1) is 0 Å². The van der Waals surface area contributed by atoms with Gasteiger partial charge in [0, 0.05) is 23.3 Å². The van der Waals surface area contributed by atoms with E-state index in [1.165, 1.54) is 6.92 Å². The Morgan fingerprint density at radius 2 is 1.22 bits per heavy atom. The zero-order valence-corrected chi connectivity index (χ0v) is 19.1. The molecule has 178 valence electrons. The molecule has 0 fully saturated rings. The smallest absolute Gasteiger partial charge is 0.333 e. The average molecular weight is 451 g/mol. The van der Waals surface area contributed by atoms with Gasteiger partial charge in [-0.25, -0.2) is 19.2 Å². The summed E-state index contributed by atoms with van der Waals surface area (Å²) in [5, 5.41) is 0. The summed E-state index contributed by atoms with van der Waals surface area (Å²) in [6.07, 6.45) is 3.69. The minimum absolute atomic E-state index is 0.101. The van der Waals surface area contributed by atoms with E-state index in [9.17, 15) is 19.2 Å². The first-order chi connectivity index (χ1) is 15.1. The van der Waals surface area contributed by atoms with Crippen molar-refractivity contribution in [3.8, 4) is 0 Å².